The van der Waals surface area contributed by atoms with Gasteiger partial charge in [0.05, 0.1) is 6.61 Å². The average Bonchev–Trinajstić information content (AvgIpc) is 2.16. The number of aliphatic hydroxyl groups is 1. The lowest BCUT2D eigenvalue weighted by Gasteiger charge is -2.14. The van der Waals surface area contributed by atoms with Crippen molar-refractivity contribution in [3.05, 3.63) is 35.9 Å². The number of rotatable bonds is 3. The van der Waals surface area contributed by atoms with Crippen LogP contribution in [0.4, 0.5) is 13.2 Å². The normalized spacial score (nSPS) is 11.2. The van der Waals surface area contributed by atoms with Crippen LogP contribution in [0.1, 0.15) is 11.1 Å². The van der Waals surface area contributed by atoms with Gasteiger partial charge in [0, 0.05) is 11.1 Å². The molecule has 1 rings (SSSR count). The van der Waals surface area contributed by atoms with Gasteiger partial charge in [0.1, 0.15) is 5.75 Å². The molecular weight excluding hydrogens is 209 g/mol. The minimum atomic E-state index is -4.77. The highest BCUT2D eigenvalue weighted by Gasteiger charge is 2.32. The quantitative estimate of drug-likeness (QED) is 0.845. The van der Waals surface area contributed by atoms with E-state index in [-0.39, 0.29) is 11.1 Å². The summed E-state index contributed by atoms with van der Waals surface area (Å²) in [6, 6.07) is 4.30. The van der Waals surface area contributed by atoms with Crippen molar-refractivity contribution in [2.45, 2.75) is 13.0 Å². The average molecular weight is 218 g/mol. The molecule has 0 aliphatic heterocycles. The van der Waals surface area contributed by atoms with Crippen molar-refractivity contribution < 1.29 is 23.0 Å². The molecule has 82 valence electrons. The number of alkyl halides is 3. The minimum absolute atomic E-state index is 0.0738. The molecule has 0 heterocycles. The van der Waals surface area contributed by atoms with Crippen molar-refractivity contribution >= 4 is 6.08 Å². The Labute approximate surface area is 84.6 Å². The first-order valence-corrected chi connectivity index (χ1v) is 4.09. The summed E-state index contributed by atoms with van der Waals surface area (Å²) < 4.78 is 39.9. The number of benzene rings is 1. The predicted molar refractivity (Wildman–Crippen MR) is 49.1 cm³/mol. The number of aliphatic hydroxyl groups excluding tert-OH is 1. The van der Waals surface area contributed by atoms with Crippen molar-refractivity contribution in [3.63, 3.8) is 0 Å². The Kier molecular flexibility index (Phi) is 3.36. The van der Waals surface area contributed by atoms with Gasteiger partial charge < -0.3 is 9.84 Å². The Morgan fingerprint density at radius 2 is 2.07 bits per heavy atom. The van der Waals surface area contributed by atoms with Crippen LogP contribution >= 0.6 is 0 Å². The molecule has 0 bridgehead atoms. The SMILES string of the molecule is C=Cc1cccc(CO)c1OC(F)(F)F. The maximum atomic E-state index is 12.0. The molecule has 15 heavy (non-hydrogen) atoms. The number of hydrogen-bond donors (Lipinski definition) is 1. The monoisotopic (exact) mass is 218 g/mol. The zero-order valence-electron chi connectivity index (χ0n) is 7.71. The second-order valence-electron chi connectivity index (χ2n) is 2.75. The first kappa shape index (κ1) is 11.6. The summed E-state index contributed by atoms with van der Waals surface area (Å²) >= 11 is 0. The van der Waals surface area contributed by atoms with Crippen LogP contribution in [0.15, 0.2) is 24.8 Å². The molecule has 0 aliphatic rings. The van der Waals surface area contributed by atoms with Crippen molar-refractivity contribution in [3.8, 4) is 5.75 Å². The van der Waals surface area contributed by atoms with Crippen LogP contribution in [0.2, 0.25) is 0 Å². The molecule has 1 aromatic rings. The highest BCUT2D eigenvalue weighted by Crippen LogP contribution is 2.30. The summed E-state index contributed by atoms with van der Waals surface area (Å²) in [7, 11) is 0. The molecule has 0 spiro atoms. The second kappa shape index (κ2) is 4.35. The Morgan fingerprint density at radius 1 is 1.40 bits per heavy atom. The Morgan fingerprint density at radius 3 is 2.53 bits per heavy atom. The molecule has 0 amide bonds. The zero-order valence-corrected chi connectivity index (χ0v) is 7.71. The lowest BCUT2D eigenvalue weighted by atomic mass is 10.1. The topological polar surface area (TPSA) is 29.5 Å². The third-order valence-corrected chi connectivity index (χ3v) is 1.74. The molecule has 1 aromatic carbocycles. The maximum Gasteiger partial charge on any atom is 0.573 e. The molecule has 0 fully saturated rings. The second-order valence-corrected chi connectivity index (χ2v) is 2.75. The lowest BCUT2D eigenvalue weighted by Crippen LogP contribution is -2.18. The third-order valence-electron chi connectivity index (χ3n) is 1.74. The van der Waals surface area contributed by atoms with Crippen LogP contribution < -0.4 is 4.74 Å². The Balaban J connectivity index is 3.16. The van der Waals surface area contributed by atoms with E-state index >= 15 is 0 Å². The van der Waals surface area contributed by atoms with E-state index in [4.69, 9.17) is 5.11 Å². The molecule has 0 saturated heterocycles. The van der Waals surface area contributed by atoms with Gasteiger partial charge in [0.15, 0.2) is 0 Å². The van der Waals surface area contributed by atoms with Gasteiger partial charge in [-0.3, -0.25) is 0 Å². The molecule has 0 atom stereocenters. The van der Waals surface area contributed by atoms with Crippen LogP contribution in [0.25, 0.3) is 6.08 Å². The summed E-state index contributed by atoms with van der Waals surface area (Å²) in [5, 5.41) is 8.85. The Hall–Kier alpha value is -1.49. The third kappa shape index (κ3) is 2.99. The van der Waals surface area contributed by atoms with Gasteiger partial charge in [-0.2, -0.15) is 0 Å². The van der Waals surface area contributed by atoms with Gasteiger partial charge in [-0.15, -0.1) is 13.2 Å². The van der Waals surface area contributed by atoms with Gasteiger partial charge in [-0.1, -0.05) is 30.9 Å². The molecular formula is C10H9F3O2. The van der Waals surface area contributed by atoms with Crippen molar-refractivity contribution in [1.82, 2.24) is 0 Å². The van der Waals surface area contributed by atoms with E-state index in [1.54, 1.807) is 0 Å². The van der Waals surface area contributed by atoms with Crippen LogP contribution in [0.3, 0.4) is 0 Å². The van der Waals surface area contributed by atoms with E-state index in [9.17, 15) is 13.2 Å². The molecule has 0 aromatic heterocycles. The van der Waals surface area contributed by atoms with Crippen molar-refractivity contribution in [2.75, 3.05) is 0 Å². The van der Waals surface area contributed by atoms with E-state index in [1.807, 2.05) is 0 Å². The van der Waals surface area contributed by atoms with Gasteiger partial charge in [0.2, 0.25) is 0 Å². The first-order valence-electron chi connectivity index (χ1n) is 4.09. The fourth-order valence-electron chi connectivity index (χ4n) is 1.13. The number of para-hydroxylation sites is 1. The number of hydrogen-bond acceptors (Lipinski definition) is 2. The first-order chi connectivity index (χ1) is 6.98. The van der Waals surface area contributed by atoms with Crippen LogP contribution in [0, 0.1) is 0 Å². The van der Waals surface area contributed by atoms with E-state index in [1.165, 1.54) is 24.3 Å². The minimum Gasteiger partial charge on any atom is -0.405 e. The summed E-state index contributed by atoms with van der Waals surface area (Å²) in [6.07, 6.45) is -3.54. The summed E-state index contributed by atoms with van der Waals surface area (Å²) in [6.45, 7) is 2.85. The molecule has 5 heteroatoms. The van der Waals surface area contributed by atoms with E-state index in [0.717, 1.165) is 0 Å². The van der Waals surface area contributed by atoms with Crippen molar-refractivity contribution in [1.29, 1.82) is 0 Å². The van der Waals surface area contributed by atoms with E-state index in [2.05, 4.69) is 11.3 Å². The summed E-state index contributed by atoms with van der Waals surface area (Å²) in [5.41, 5.74) is 0.267. The lowest BCUT2D eigenvalue weighted by molar-refractivity contribution is -0.275. The molecule has 2 nitrogen and oxygen atoms in total. The fraction of sp³-hybridized carbons (Fsp3) is 0.200. The smallest absolute Gasteiger partial charge is 0.405 e. The predicted octanol–water partition coefficient (Wildman–Crippen LogP) is 2.72. The molecule has 0 unspecified atom stereocenters. The molecule has 0 saturated carbocycles. The van der Waals surface area contributed by atoms with Crippen LogP contribution in [0.5, 0.6) is 5.75 Å². The van der Waals surface area contributed by atoms with E-state index < -0.39 is 18.7 Å². The van der Waals surface area contributed by atoms with Crippen LogP contribution in [-0.4, -0.2) is 11.5 Å². The van der Waals surface area contributed by atoms with E-state index in [0.29, 0.717) is 0 Å². The summed E-state index contributed by atoms with van der Waals surface area (Å²) in [4.78, 5) is 0. The number of halogens is 3. The summed E-state index contributed by atoms with van der Waals surface area (Å²) in [5.74, 6) is -0.400. The van der Waals surface area contributed by atoms with Gasteiger partial charge in [0.25, 0.3) is 0 Å². The number of ether oxygens (including phenoxy) is 1. The van der Waals surface area contributed by atoms with Gasteiger partial charge in [-0.25, -0.2) is 0 Å². The van der Waals surface area contributed by atoms with Gasteiger partial charge in [-0.05, 0) is 0 Å². The van der Waals surface area contributed by atoms with Gasteiger partial charge >= 0.3 is 6.36 Å². The standard InChI is InChI=1S/C10H9F3O2/c1-2-7-4-3-5-8(6-14)9(7)15-10(11,12)13/h2-5,14H,1,6H2. The molecule has 0 aliphatic carbocycles. The highest BCUT2D eigenvalue weighted by molar-refractivity contribution is 5.58. The zero-order chi connectivity index (χ0) is 11.5. The maximum absolute atomic E-state index is 12.0. The Bertz CT molecular complexity index is 358. The molecule has 0 radical (unpaired) electrons. The van der Waals surface area contributed by atoms with Crippen molar-refractivity contribution in [2.24, 2.45) is 0 Å². The largest absolute Gasteiger partial charge is 0.573 e. The highest BCUT2D eigenvalue weighted by atomic mass is 19.4. The van der Waals surface area contributed by atoms with Crippen LogP contribution in [-0.2, 0) is 6.61 Å². The molecule has 1 N–H and O–H groups in total. The fourth-order valence-corrected chi connectivity index (χ4v) is 1.13.